The predicted molar refractivity (Wildman–Crippen MR) is 89.5 cm³/mol. The second-order valence-electron chi connectivity index (χ2n) is 5.64. The summed E-state index contributed by atoms with van der Waals surface area (Å²) in [5.74, 6) is -1.01. The van der Waals surface area contributed by atoms with Crippen LogP contribution in [0.1, 0.15) is 22.0 Å². The van der Waals surface area contributed by atoms with E-state index in [9.17, 15) is 19.3 Å². The Kier molecular flexibility index (Phi) is 5.08. The lowest BCUT2D eigenvalue weighted by Gasteiger charge is -2.33. The number of anilines is 1. The number of carbonyl (C=O) groups is 1. The minimum Gasteiger partial charge on any atom is -0.465 e. The number of pyridine rings is 1. The van der Waals surface area contributed by atoms with Crippen LogP contribution in [0, 0.1) is 15.9 Å². The van der Waals surface area contributed by atoms with Crippen LogP contribution in [0.5, 0.6) is 0 Å². The van der Waals surface area contributed by atoms with Crippen molar-refractivity contribution in [1.29, 1.82) is 0 Å². The quantitative estimate of drug-likeness (QED) is 0.469. The number of aromatic nitrogens is 1. The molecule has 1 aromatic heterocycles. The summed E-state index contributed by atoms with van der Waals surface area (Å²) in [5, 5.41) is 11.4. The summed E-state index contributed by atoms with van der Waals surface area (Å²) in [4.78, 5) is 28.1. The van der Waals surface area contributed by atoms with Gasteiger partial charge in [-0.25, -0.2) is 14.2 Å². The lowest BCUT2D eigenvalue weighted by atomic mass is 10.1. The zero-order chi connectivity index (χ0) is 18.7. The molecular formula is C17H16FN3O5. The lowest BCUT2D eigenvalue weighted by Crippen LogP contribution is -2.39. The SMILES string of the molecule is COC(=O)c1cnc(N2CCOC(c3ccccc3F)C2)c([N+](=O)[O-])c1. The molecule has 1 unspecified atom stereocenters. The van der Waals surface area contributed by atoms with E-state index < -0.39 is 22.8 Å². The van der Waals surface area contributed by atoms with Crippen molar-refractivity contribution in [2.24, 2.45) is 0 Å². The van der Waals surface area contributed by atoms with Gasteiger partial charge in [-0.1, -0.05) is 18.2 Å². The van der Waals surface area contributed by atoms with E-state index in [2.05, 4.69) is 9.72 Å². The molecule has 0 radical (unpaired) electrons. The van der Waals surface area contributed by atoms with E-state index in [-0.39, 0.29) is 30.2 Å². The van der Waals surface area contributed by atoms with Crippen LogP contribution in [0.2, 0.25) is 0 Å². The van der Waals surface area contributed by atoms with Gasteiger partial charge in [-0.3, -0.25) is 10.1 Å². The largest absolute Gasteiger partial charge is 0.465 e. The molecule has 2 heterocycles. The van der Waals surface area contributed by atoms with Crippen molar-refractivity contribution in [3.8, 4) is 0 Å². The molecule has 1 aliphatic heterocycles. The number of hydrogen-bond donors (Lipinski definition) is 0. The van der Waals surface area contributed by atoms with Crippen molar-refractivity contribution in [3.05, 3.63) is 63.6 Å². The Balaban J connectivity index is 1.92. The van der Waals surface area contributed by atoms with Crippen molar-refractivity contribution in [1.82, 2.24) is 4.98 Å². The van der Waals surface area contributed by atoms with Gasteiger partial charge < -0.3 is 14.4 Å². The summed E-state index contributed by atoms with van der Waals surface area (Å²) in [7, 11) is 1.18. The number of ether oxygens (including phenoxy) is 2. The van der Waals surface area contributed by atoms with E-state index in [1.165, 1.54) is 19.4 Å². The van der Waals surface area contributed by atoms with Crippen molar-refractivity contribution < 1.29 is 23.6 Å². The normalized spacial score (nSPS) is 17.0. The number of esters is 1. The van der Waals surface area contributed by atoms with E-state index in [1.807, 2.05) is 0 Å². The molecule has 1 saturated heterocycles. The molecule has 26 heavy (non-hydrogen) atoms. The molecule has 136 valence electrons. The van der Waals surface area contributed by atoms with Gasteiger partial charge in [0.15, 0.2) is 0 Å². The minimum atomic E-state index is -0.710. The Labute approximate surface area is 148 Å². The van der Waals surface area contributed by atoms with Gasteiger partial charge in [0.25, 0.3) is 0 Å². The van der Waals surface area contributed by atoms with Gasteiger partial charge in [-0.15, -0.1) is 0 Å². The summed E-state index contributed by atoms with van der Waals surface area (Å²) in [6, 6.07) is 7.36. The highest BCUT2D eigenvalue weighted by atomic mass is 19.1. The second kappa shape index (κ2) is 7.44. The summed E-state index contributed by atoms with van der Waals surface area (Å²) in [6.45, 7) is 0.819. The minimum absolute atomic E-state index is 0.0122. The van der Waals surface area contributed by atoms with Crippen LogP contribution in [0.3, 0.4) is 0 Å². The average molecular weight is 361 g/mol. The molecule has 1 atom stereocenters. The Morgan fingerprint density at radius 1 is 1.46 bits per heavy atom. The fourth-order valence-electron chi connectivity index (χ4n) is 2.82. The third-order valence-corrected chi connectivity index (χ3v) is 4.08. The van der Waals surface area contributed by atoms with Gasteiger partial charge >= 0.3 is 11.7 Å². The van der Waals surface area contributed by atoms with Gasteiger partial charge in [0, 0.05) is 24.4 Å². The molecule has 3 rings (SSSR count). The number of morpholine rings is 1. The third kappa shape index (κ3) is 3.47. The molecule has 0 spiro atoms. The molecule has 0 bridgehead atoms. The van der Waals surface area contributed by atoms with Crippen LogP contribution in [-0.2, 0) is 9.47 Å². The molecule has 2 aromatic rings. The highest BCUT2D eigenvalue weighted by molar-refractivity contribution is 5.90. The van der Waals surface area contributed by atoms with E-state index in [4.69, 9.17) is 4.74 Å². The predicted octanol–water partition coefficient (Wildman–Crippen LogP) is 2.49. The third-order valence-electron chi connectivity index (χ3n) is 4.08. The van der Waals surface area contributed by atoms with E-state index in [1.54, 1.807) is 23.1 Å². The molecule has 1 fully saturated rings. The first-order valence-electron chi connectivity index (χ1n) is 7.85. The maximum Gasteiger partial charge on any atom is 0.339 e. The molecule has 8 nitrogen and oxygen atoms in total. The zero-order valence-corrected chi connectivity index (χ0v) is 13.9. The smallest absolute Gasteiger partial charge is 0.339 e. The van der Waals surface area contributed by atoms with Crippen LogP contribution in [0.15, 0.2) is 36.5 Å². The molecule has 0 amide bonds. The summed E-state index contributed by atoms with van der Waals surface area (Å²) >= 11 is 0. The number of benzene rings is 1. The molecule has 0 N–H and O–H groups in total. The maximum atomic E-state index is 14.0. The van der Waals surface area contributed by atoms with Gasteiger partial charge in [0.2, 0.25) is 5.82 Å². The fraction of sp³-hybridized carbons (Fsp3) is 0.294. The summed E-state index contributed by atoms with van der Waals surface area (Å²) in [5.41, 5.74) is 0.0509. The van der Waals surface area contributed by atoms with E-state index >= 15 is 0 Å². The van der Waals surface area contributed by atoms with Crippen molar-refractivity contribution in [2.75, 3.05) is 31.7 Å². The Bertz CT molecular complexity index is 845. The first-order valence-corrected chi connectivity index (χ1v) is 7.85. The molecule has 0 saturated carbocycles. The first-order chi connectivity index (χ1) is 12.5. The fourth-order valence-corrected chi connectivity index (χ4v) is 2.82. The van der Waals surface area contributed by atoms with Gasteiger partial charge in [-0.05, 0) is 6.07 Å². The topological polar surface area (TPSA) is 94.8 Å². The van der Waals surface area contributed by atoms with Crippen LogP contribution in [-0.4, -0.2) is 42.7 Å². The summed E-state index contributed by atoms with van der Waals surface area (Å²) in [6.07, 6.45) is 0.647. The molecule has 1 aliphatic rings. The highest BCUT2D eigenvalue weighted by Crippen LogP contribution is 2.32. The number of methoxy groups -OCH3 is 1. The summed E-state index contributed by atoms with van der Waals surface area (Å²) < 4.78 is 24.2. The molecular weight excluding hydrogens is 345 g/mol. The Morgan fingerprint density at radius 3 is 2.92 bits per heavy atom. The van der Waals surface area contributed by atoms with Crippen LogP contribution < -0.4 is 4.90 Å². The van der Waals surface area contributed by atoms with Gasteiger partial charge in [0.1, 0.15) is 11.9 Å². The van der Waals surface area contributed by atoms with Crippen LogP contribution >= 0.6 is 0 Å². The monoisotopic (exact) mass is 361 g/mol. The highest BCUT2D eigenvalue weighted by Gasteiger charge is 2.30. The van der Waals surface area contributed by atoms with Gasteiger partial charge in [0.05, 0.1) is 30.7 Å². The maximum absolute atomic E-state index is 14.0. The molecule has 1 aromatic carbocycles. The van der Waals surface area contributed by atoms with Crippen molar-refractivity contribution in [2.45, 2.75) is 6.10 Å². The van der Waals surface area contributed by atoms with Crippen LogP contribution in [0.25, 0.3) is 0 Å². The van der Waals surface area contributed by atoms with Gasteiger partial charge in [-0.2, -0.15) is 0 Å². The van der Waals surface area contributed by atoms with Crippen LogP contribution in [0.4, 0.5) is 15.9 Å². The number of halogens is 1. The second-order valence-corrected chi connectivity index (χ2v) is 5.64. The Morgan fingerprint density at radius 2 is 2.23 bits per heavy atom. The number of hydrogen-bond acceptors (Lipinski definition) is 7. The van der Waals surface area contributed by atoms with E-state index in [0.29, 0.717) is 12.1 Å². The molecule has 0 aliphatic carbocycles. The number of rotatable bonds is 4. The van der Waals surface area contributed by atoms with Crippen molar-refractivity contribution >= 4 is 17.5 Å². The zero-order valence-electron chi connectivity index (χ0n) is 13.9. The van der Waals surface area contributed by atoms with Crippen molar-refractivity contribution in [3.63, 3.8) is 0 Å². The first kappa shape index (κ1) is 17.7. The number of carbonyl (C=O) groups excluding carboxylic acids is 1. The number of nitrogens with zero attached hydrogens (tertiary/aromatic N) is 3. The number of nitro groups is 1. The van der Waals surface area contributed by atoms with E-state index in [0.717, 1.165) is 6.07 Å². The average Bonchev–Trinajstić information content (AvgIpc) is 2.67. The Hall–Kier alpha value is -3.07. The molecule has 9 heteroatoms. The lowest BCUT2D eigenvalue weighted by molar-refractivity contribution is -0.384. The standard InChI is InChI=1S/C17H16FN3O5/c1-25-17(22)11-8-14(21(23)24)16(19-9-11)20-6-7-26-15(10-20)12-4-2-3-5-13(12)18/h2-5,8-9,15H,6-7,10H2,1H3.